The molecule has 0 aliphatic heterocycles. The van der Waals surface area contributed by atoms with E-state index in [1.165, 1.54) is 47.4 Å². The standard InChI is InChI=1S/C19H21FN6O2S2/c1-4-26-15(9-16(27)22-14-7-5-13(20)6-8-14)24-25-19(26)30-12(3)17(28)23-18-21-11(2)10-29-18/h5-8,10,12H,4,9H2,1-3H3,(H,22,27)(H,21,23,28)/t12-/m1/s1. The minimum atomic E-state index is -0.426. The number of carbonyl (C=O) groups excluding carboxylic acids is 2. The number of anilines is 2. The molecule has 0 spiro atoms. The number of nitrogens with zero attached hydrogens (tertiary/aromatic N) is 4. The third-order valence-corrected chi connectivity index (χ3v) is 6.01. The van der Waals surface area contributed by atoms with Crippen LogP contribution in [-0.2, 0) is 22.6 Å². The van der Waals surface area contributed by atoms with Crippen LogP contribution in [0, 0.1) is 12.7 Å². The fourth-order valence-electron chi connectivity index (χ4n) is 2.57. The SMILES string of the molecule is CCn1c(CC(=O)Nc2ccc(F)cc2)nnc1S[C@H](C)C(=O)Nc1nc(C)cs1. The zero-order valence-corrected chi connectivity index (χ0v) is 18.3. The molecule has 0 bridgehead atoms. The summed E-state index contributed by atoms with van der Waals surface area (Å²) >= 11 is 2.63. The van der Waals surface area contributed by atoms with E-state index in [-0.39, 0.29) is 24.1 Å². The minimum Gasteiger partial charge on any atom is -0.326 e. The number of thiazole rings is 1. The average Bonchev–Trinajstić information content (AvgIpc) is 3.28. The number of thioether (sulfide) groups is 1. The molecule has 0 saturated heterocycles. The van der Waals surface area contributed by atoms with Gasteiger partial charge < -0.3 is 15.2 Å². The average molecular weight is 449 g/mol. The molecule has 30 heavy (non-hydrogen) atoms. The van der Waals surface area contributed by atoms with Crippen molar-refractivity contribution < 1.29 is 14.0 Å². The van der Waals surface area contributed by atoms with Crippen molar-refractivity contribution in [3.63, 3.8) is 0 Å². The molecular formula is C19H21FN6O2S2. The van der Waals surface area contributed by atoms with Gasteiger partial charge in [0, 0.05) is 17.6 Å². The van der Waals surface area contributed by atoms with Gasteiger partial charge in [-0.15, -0.1) is 21.5 Å². The van der Waals surface area contributed by atoms with Crippen LogP contribution in [0.5, 0.6) is 0 Å². The van der Waals surface area contributed by atoms with Gasteiger partial charge in [-0.25, -0.2) is 9.37 Å². The van der Waals surface area contributed by atoms with E-state index in [4.69, 9.17) is 0 Å². The van der Waals surface area contributed by atoms with E-state index >= 15 is 0 Å². The lowest BCUT2D eigenvalue weighted by Crippen LogP contribution is -2.23. The number of hydrogen-bond acceptors (Lipinski definition) is 7. The van der Waals surface area contributed by atoms with E-state index in [0.29, 0.717) is 28.3 Å². The number of aryl methyl sites for hydroxylation is 1. The van der Waals surface area contributed by atoms with Gasteiger partial charge in [-0.3, -0.25) is 9.59 Å². The molecule has 3 aromatic rings. The van der Waals surface area contributed by atoms with Crippen LogP contribution >= 0.6 is 23.1 Å². The van der Waals surface area contributed by atoms with Gasteiger partial charge in [-0.2, -0.15) is 0 Å². The molecule has 2 aromatic heterocycles. The van der Waals surface area contributed by atoms with Gasteiger partial charge in [0.05, 0.1) is 17.4 Å². The number of nitrogens with one attached hydrogen (secondary N) is 2. The molecule has 158 valence electrons. The number of hydrogen-bond donors (Lipinski definition) is 2. The molecule has 2 N–H and O–H groups in total. The van der Waals surface area contributed by atoms with E-state index in [1.54, 1.807) is 11.5 Å². The Kier molecular flexibility index (Phi) is 7.16. The predicted molar refractivity (Wildman–Crippen MR) is 115 cm³/mol. The summed E-state index contributed by atoms with van der Waals surface area (Å²) in [5.74, 6) is -0.355. The lowest BCUT2D eigenvalue weighted by Gasteiger charge is -2.11. The minimum absolute atomic E-state index is 0.0117. The Hall–Kier alpha value is -2.79. The van der Waals surface area contributed by atoms with Crippen LogP contribution < -0.4 is 10.6 Å². The highest BCUT2D eigenvalue weighted by Gasteiger charge is 2.21. The third-order valence-electron chi connectivity index (χ3n) is 4.06. The second-order valence-corrected chi connectivity index (χ2v) is 8.58. The van der Waals surface area contributed by atoms with Gasteiger partial charge >= 0.3 is 0 Å². The molecule has 1 aromatic carbocycles. The molecule has 8 nitrogen and oxygen atoms in total. The molecule has 2 amide bonds. The molecule has 0 radical (unpaired) electrons. The van der Waals surface area contributed by atoms with E-state index in [0.717, 1.165) is 5.69 Å². The Morgan fingerprint density at radius 2 is 1.97 bits per heavy atom. The van der Waals surface area contributed by atoms with Gasteiger partial charge in [0.25, 0.3) is 0 Å². The lowest BCUT2D eigenvalue weighted by molar-refractivity contribution is -0.116. The molecule has 3 rings (SSSR count). The largest absolute Gasteiger partial charge is 0.326 e. The summed E-state index contributed by atoms with van der Waals surface area (Å²) in [6, 6.07) is 5.53. The van der Waals surface area contributed by atoms with E-state index in [1.807, 2.05) is 19.2 Å². The predicted octanol–water partition coefficient (Wildman–Crippen LogP) is 3.50. The van der Waals surface area contributed by atoms with Gasteiger partial charge in [0.15, 0.2) is 10.3 Å². The molecular weight excluding hydrogens is 427 g/mol. The first-order chi connectivity index (χ1) is 14.4. The van der Waals surface area contributed by atoms with Crippen LogP contribution in [0.1, 0.15) is 25.4 Å². The van der Waals surface area contributed by atoms with E-state index in [2.05, 4.69) is 25.8 Å². The third kappa shape index (κ3) is 5.63. The topological polar surface area (TPSA) is 102 Å². The summed E-state index contributed by atoms with van der Waals surface area (Å²) < 4.78 is 14.8. The van der Waals surface area contributed by atoms with Crippen LogP contribution in [0.15, 0.2) is 34.8 Å². The Bertz CT molecular complexity index is 1030. The van der Waals surface area contributed by atoms with Crippen molar-refractivity contribution in [2.45, 2.75) is 44.1 Å². The molecule has 1 atom stereocenters. The first-order valence-corrected chi connectivity index (χ1v) is 11.0. The summed E-state index contributed by atoms with van der Waals surface area (Å²) in [5.41, 5.74) is 1.35. The van der Waals surface area contributed by atoms with Crippen LogP contribution in [0.2, 0.25) is 0 Å². The van der Waals surface area contributed by atoms with Crippen molar-refractivity contribution >= 4 is 45.7 Å². The van der Waals surface area contributed by atoms with Crippen LogP contribution in [0.3, 0.4) is 0 Å². The second-order valence-electron chi connectivity index (χ2n) is 6.42. The smallest absolute Gasteiger partial charge is 0.239 e. The Balaban J connectivity index is 1.62. The van der Waals surface area contributed by atoms with Crippen molar-refractivity contribution in [2.24, 2.45) is 0 Å². The van der Waals surface area contributed by atoms with Crippen molar-refractivity contribution in [1.29, 1.82) is 0 Å². The molecule has 11 heteroatoms. The highest BCUT2D eigenvalue weighted by Crippen LogP contribution is 2.24. The van der Waals surface area contributed by atoms with Gasteiger partial charge in [-0.05, 0) is 45.0 Å². The number of halogens is 1. The Labute approximate surface area is 181 Å². The fraction of sp³-hybridized carbons (Fsp3) is 0.316. The molecule has 2 heterocycles. The van der Waals surface area contributed by atoms with Crippen LogP contribution in [-0.4, -0.2) is 36.8 Å². The van der Waals surface area contributed by atoms with Crippen molar-refractivity contribution in [1.82, 2.24) is 19.7 Å². The zero-order chi connectivity index (χ0) is 21.7. The lowest BCUT2D eigenvalue weighted by atomic mass is 10.3. The van der Waals surface area contributed by atoms with Gasteiger partial charge in [0.1, 0.15) is 11.6 Å². The van der Waals surface area contributed by atoms with Crippen molar-refractivity contribution in [2.75, 3.05) is 10.6 Å². The summed E-state index contributed by atoms with van der Waals surface area (Å²) in [4.78, 5) is 29.0. The first-order valence-electron chi connectivity index (χ1n) is 9.23. The van der Waals surface area contributed by atoms with Crippen LogP contribution in [0.4, 0.5) is 15.2 Å². The fourth-order valence-corrected chi connectivity index (χ4v) is 4.19. The number of benzene rings is 1. The van der Waals surface area contributed by atoms with Crippen molar-refractivity contribution in [3.8, 4) is 0 Å². The maximum Gasteiger partial charge on any atom is 0.239 e. The Morgan fingerprint density at radius 1 is 1.23 bits per heavy atom. The summed E-state index contributed by atoms with van der Waals surface area (Å²) in [7, 11) is 0. The molecule has 0 aliphatic rings. The highest BCUT2D eigenvalue weighted by atomic mass is 32.2. The van der Waals surface area contributed by atoms with Crippen molar-refractivity contribution in [3.05, 3.63) is 47.0 Å². The van der Waals surface area contributed by atoms with Gasteiger partial charge in [0.2, 0.25) is 11.8 Å². The first kappa shape index (κ1) is 21.9. The maximum absolute atomic E-state index is 13.0. The molecule has 0 saturated carbocycles. The number of amides is 2. The normalized spacial score (nSPS) is 11.9. The van der Waals surface area contributed by atoms with E-state index < -0.39 is 5.25 Å². The van der Waals surface area contributed by atoms with Crippen LogP contribution in [0.25, 0.3) is 0 Å². The maximum atomic E-state index is 13.0. The monoisotopic (exact) mass is 448 g/mol. The summed E-state index contributed by atoms with van der Waals surface area (Å²) in [5, 5.41) is 16.3. The molecule has 0 unspecified atom stereocenters. The number of carbonyl (C=O) groups is 2. The highest BCUT2D eigenvalue weighted by molar-refractivity contribution is 8.00. The number of rotatable bonds is 8. The number of aromatic nitrogens is 4. The second kappa shape index (κ2) is 9.81. The summed E-state index contributed by atoms with van der Waals surface area (Å²) in [6.45, 7) is 6.10. The molecule has 0 aliphatic carbocycles. The zero-order valence-electron chi connectivity index (χ0n) is 16.7. The summed E-state index contributed by atoms with van der Waals surface area (Å²) in [6.07, 6.45) is 0.0117. The van der Waals surface area contributed by atoms with E-state index in [9.17, 15) is 14.0 Å². The molecule has 0 fully saturated rings. The Morgan fingerprint density at radius 3 is 2.60 bits per heavy atom. The van der Waals surface area contributed by atoms with Gasteiger partial charge in [-0.1, -0.05) is 11.8 Å². The quantitative estimate of drug-likeness (QED) is 0.512.